The molecule has 3 aromatic rings. The third-order valence-corrected chi connectivity index (χ3v) is 2.97. The second kappa shape index (κ2) is 4.70. The van der Waals surface area contributed by atoms with Gasteiger partial charge in [0.15, 0.2) is 5.65 Å². The molecule has 0 aromatic carbocycles. The van der Waals surface area contributed by atoms with Crippen LogP contribution in [0.2, 0.25) is 0 Å². The maximum atomic E-state index is 12.3. The molecule has 0 unspecified atom stereocenters. The highest BCUT2D eigenvalue weighted by Gasteiger charge is 2.11. The van der Waals surface area contributed by atoms with Crippen molar-refractivity contribution in [2.45, 2.75) is 6.54 Å². The quantitative estimate of drug-likeness (QED) is 0.476. The molecule has 0 bridgehead atoms. The van der Waals surface area contributed by atoms with Crippen LogP contribution in [-0.2, 0) is 13.6 Å². The highest BCUT2D eigenvalue weighted by atomic mass is 16.1. The molecule has 0 atom stereocenters. The number of hydrogen-bond donors (Lipinski definition) is 2. The lowest BCUT2D eigenvalue weighted by Crippen LogP contribution is -2.25. The molecule has 3 N–H and O–H groups in total. The summed E-state index contributed by atoms with van der Waals surface area (Å²) in [6.45, 7) is 0.226. The third kappa shape index (κ3) is 1.89. The van der Waals surface area contributed by atoms with Crippen LogP contribution in [-0.4, -0.2) is 29.8 Å². The van der Waals surface area contributed by atoms with Crippen LogP contribution in [0.1, 0.15) is 5.56 Å². The van der Waals surface area contributed by atoms with E-state index in [0.717, 1.165) is 5.56 Å². The monoisotopic (exact) mass is 272 g/mol. The Bertz CT molecular complexity index is 821. The molecule has 0 spiro atoms. The van der Waals surface area contributed by atoms with Gasteiger partial charge in [-0.05, 0) is 6.07 Å². The van der Waals surface area contributed by atoms with Crippen molar-refractivity contribution in [1.29, 1.82) is 0 Å². The summed E-state index contributed by atoms with van der Waals surface area (Å²) in [6.07, 6.45) is 3.09. The van der Waals surface area contributed by atoms with Crippen molar-refractivity contribution in [2.75, 3.05) is 5.43 Å². The highest BCUT2D eigenvalue weighted by molar-refractivity contribution is 5.72. The molecule has 0 amide bonds. The van der Waals surface area contributed by atoms with Gasteiger partial charge in [0.2, 0.25) is 0 Å². The van der Waals surface area contributed by atoms with Crippen molar-refractivity contribution in [3.05, 3.63) is 40.4 Å². The van der Waals surface area contributed by atoms with E-state index in [-0.39, 0.29) is 12.1 Å². The largest absolute Gasteiger partial charge is 0.308 e. The van der Waals surface area contributed by atoms with Gasteiger partial charge < -0.3 is 5.43 Å². The summed E-state index contributed by atoms with van der Waals surface area (Å²) in [6, 6.07) is 3.57. The molecule has 3 aromatic heterocycles. The molecule has 9 nitrogen and oxygen atoms in total. The van der Waals surface area contributed by atoms with Gasteiger partial charge in [-0.15, -0.1) is 5.10 Å². The first-order valence-corrected chi connectivity index (χ1v) is 5.86. The Kier molecular flexibility index (Phi) is 2.88. The van der Waals surface area contributed by atoms with E-state index in [1.807, 2.05) is 6.07 Å². The first kappa shape index (κ1) is 12.2. The number of nitrogens with zero attached hydrogens (tertiary/aromatic N) is 6. The van der Waals surface area contributed by atoms with E-state index >= 15 is 0 Å². The van der Waals surface area contributed by atoms with Crippen molar-refractivity contribution >= 4 is 16.9 Å². The van der Waals surface area contributed by atoms with Gasteiger partial charge in [0, 0.05) is 18.8 Å². The molecular weight excluding hydrogens is 260 g/mol. The molecule has 9 heteroatoms. The van der Waals surface area contributed by atoms with Crippen molar-refractivity contribution in [1.82, 2.24) is 29.8 Å². The fraction of sp³-hybridized carbons (Fsp3) is 0.182. The van der Waals surface area contributed by atoms with Crippen molar-refractivity contribution < 1.29 is 0 Å². The van der Waals surface area contributed by atoms with Crippen LogP contribution < -0.4 is 16.8 Å². The zero-order chi connectivity index (χ0) is 14.1. The normalized spacial score (nSPS) is 10.9. The van der Waals surface area contributed by atoms with Crippen molar-refractivity contribution in [3.8, 4) is 0 Å². The number of hydrazine groups is 1. The fourth-order valence-corrected chi connectivity index (χ4v) is 1.94. The average Bonchev–Trinajstić information content (AvgIpc) is 2.85. The number of nitrogens with two attached hydrogens (primary N) is 1. The summed E-state index contributed by atoms with van der Waals surface area (Å²) < 4.78 is 2.76. The van der Waals surface area contributed by atoms with Crippen LogP contribution >= 0.6 is 0 Å². The molecule has 0 fully saturated rings. The number of nitrogen functional groups attached to an aromatic ring is 1. The number of aromatic nitrogens is 6. The SMILES string of the molecule is Cn1ncc2c(=O)n(Cc3cccnc3NN)nnc21. The maximum Gasteiger partial charge on any atom is 0.281 e. The number of anilines is 1. The van der Waals surface area contributed by atoms with E-state index in [1.165, 1.54) is 15.6 Å². The molecule has 0 saturated carbocycles. The van der Waals surface area contributed by atoms with Gasteiger partial charge in [-0.1, -0.05) is 11.3 Å². The van der Waals surface area contributed by atoms with Crippen molar-refractivity contribution in [3.63, 3.8) is 0 Å². The van der Waals surface area contributed by atoms with Crippen LogP contribution in [0.5, 0.6) is 0 Å². The van der Waals surface area contributed by atoms with Crippen molar-refractivity contribution in [2.24, 2.45) is 12.9 Å². The molecule has 0 aliphatic carbocycles. The maximum absolute atomic E-state index is 12.3. The molecular formula is C11H12N8O. The first-order chi connectivity index (χ1) is 9.70. The zero-order valence-electron chi connectivity index (χ0n) is 10.7. The Morgan fingerprint density at radius 2 is 2.30 bits per heavy atom. The summed E-state index contributed by atoms with van der Waals surface area (Å²) in [5.41, 5.74) is 3.43. The van der Waals surface area contributed by atoms with E-state index < -0.39 is 0 Å². The summed E-state index contributed by atoms with van der Waals surface area (Å²) in [7, 11) is 1.71. The van der Waals surface area contributed by atoms with E-state index in [2.05, 4.69) is 25.8 Å². The Morgan fingerprint density at radius 3 is 3.10 bits per heavy atom. The van der Waals surface area contributed by atoms with Gasteiger partial charge in [0.05, 0.1) is 12.7 Å². The average molecular weight is 272 g/mol. The van der Waals surface area contributed by atoms with Gasteiger partial charge in [-0.2, -0.15) is 5.10 Å². The predicted octanol–water partition coefficient (Wildman–Crippen LogP) is -0.746. The molecule has 20 heavy (non-hydrogen) atoms. The van der Waals surface area contributed by atoms with Crippen LogP contribution in [0.25, 0.3) is 11.0 Å². The third-order valence-electron chi connectivity index (χ3n) is 2.97. The van der Waals surface area contributed by atoms with E-state index in [1.54, 1.807) is 19.3 Å². The number of aryl methyl sites for hydroxylation is 1. The van der Waals surface area contributed by atoms with Gasteiger partial charge in [-0.25, -0.2) is 20.2 Å². The smallest absolute Gasteiger partial charge is 0.281 e. The van der Waals surface area contributed by atoms with Crippen LogP contribution in [0.3, 0.4) is 0 Å². The van der Waals surface area contributed by atoms with Gasteiger partial charge in [-0.3, -0.25) is 4.79 Å². The molecule has 0 radical (unpaired) electrons. The standard InChI is InChI=1S/C11H12N8O/c1-18-10-8(5-14-18)11(20)19(17-16-10)6-7-3-2-4-13-9(7)15-12/h2-5H,6,12H2,1H3,(H,13,15). The van der Waals surface area contributed by atoms with E-state index in [0.29, 0.717) is 16.9 Å². The van der Waals surface area contributed by atoms with Gasteiger partial charge in [0.25, 0.3) is 5.56 Å². The lowest BCUT2D eigenvalue weighted by molar-refractivity contribution is 0.595. The number of hydrogen-bond acceptors (Lipinski definition) is 7. The molecule has 3 heterocycles. The second-order valence-electron chi connectivity index (χ2n) is 4.21. The fourth-order valence-electron chi connectivity index (χ4n) is 1.94. The number of fused-ring (bicyclic) bond motifs is 1. The molecule has 102 valence electrons. The van der Waals surface area contributed by atoms with Crippen LogP contribution in [0.4, 0.5) is 5.82 Å². The summed E-state index contributed by atoms with van der Waals surface area (Å²) in [5.74, 6) is 5.88. The molecule has 0 aliphatic rings. The minimum atomic E-state index is -0.255. The van der Waals surface area contributed by atoms with Crippen LogP contribution in [0.15, 0.2) is 29.3 Å². The Balaban J connectivity index is 2.07. The zero-order valence-corrected chi connectivity index (χ0v) is 10.7. The Labute approximate surface area is 113 Å². The number of pyridine rings is 1. The van der Waals surface area contributed by atoms with Gasteiger partial charge in [0.1, 0.15) is 11.2 Å². The van der Waals surface area contributed by atoms with E-state index in [9.17, 15) is 4.79 Å². The van der Waals surface area contributed by atoms with E-state index in [4.69, 9.17) is 5.84 Å². The molecule has 0 saturated heterocycles. The first-order valence-electron chi connectivity index (χ1n) is 5.86. The Hall–Kier alpha value is -2.81. The van der Waals surface area contributed by atoms with Gasteiger partial charge >= 0.3 is 0 Å². The number of nitrogens with one attached hydrogen (secondary N) is 1. The minimum Gasteiger partial charge on any atom is -0.308 e. The number of rotatable bonds is 3. The molecule has 0 aliphatic heterocycles. The minimum absolute atomic E-state index is 0.226. The highest BCUT2D eigenvalue weighted by Crippen LogP contribution is 2.10. The summed E-state index contributed by atoms with van der Waals surface area (Å²) in [4.78, 5) is 16.4. The summed E-state index contributed by atoms with van der Waals surface area (Å²) in [5, 5.41) is 12.3. The van der Waals surface area contributed by atoms with Crippen LogP contribution in [0, 0.1) is 0 Å². The predicted molar refractivity (Wildman–Crippen MR) is 71.7 cm³/mol. The lowest BCUT2D eigenvalue weighted by atomic mass is 10.2. The summed E-state index contributed by atoms with van der Waals surface area (Å²) >= 11 is 0. The second-order valence-corrected chi connectivity index (χ2v) is 4.21. The topological polar surface area (TPSA) is 117 Å². The lowest BCUT2D eigenvalue weighted by Gasteiger charge is -2.07. The Morgan fingerprint density at radius 1 is 1.45 bits per heavy atom. The molecule has 3 rings (SSSR count).